The molecule has 1 heterocycles. The van der Waals surface area contributed by atoms with Crippen LogP contribution in [-0.2, 0) is 16.0 Å². The van der Waals surface area contributed by atoms with Crippen LogP contribution in [0.25, 0.3) is 0 Å². The molecule has 0 saturated carbocycles. The second kappa shape index (κ2) is 7.61. The first kappa shape index (κ1) is 16.8. The van der Waals surface area contributed by atoms with Gasteiger partial charge in [-0.15, -0.1) is 6.42 Å². The number of aromatic nitrogens is 2. The van der Waals surface area contributed by atoms with Gasteiger partial charge in [-0.05, 0) is 18.2 Å². The first-order valence-electron chi connectivity index (χ1n) is 6.95. The van der Waals surface area contributed by atoms with E-state index in [0.29, 0.717) is 11.3 Å². The molecule has 0 saturated heterocycles. The summed E-state index contributed by atoms with van der Waals surface area (Å²) in [7, 11) is 1.23. The molecule has 2 rings (SSSR count). The van der Waals surface area contributed by atoms with E-state index in [9.17, 15) is 14.9 Å². The Morgan fingerprint density at radius 1 is 1.50 bits per heavy atom. The molecule has 1 atom stereocenters. The lowest BCUT2D eigenvalue weighted by molar-refractivity contribution is -0.142. The molecule has 0 unspecified atom stereocenters. The Kier molecular flexibility index (Phi) is 5.32. The molecule has 1 amide bonds. The molecular weight excluding hydrogens is 308 g/mol. The number of rotatable bonds is 5. The van der Waals surface area contributed by atoms with Gasteiger partial charge < -0.3 is 15.0 Å². The second-order valence-corrected chi connectivity index (χ2v) is 4.85. The molecule has 7 heteroatoms. The number of hydrogen-bond donors (Lipinski definition) is 2. The van der Waals surface area contributed by atoms with E-state index < -0.39 is 17.9 Å². The second-order valence-electron chi connectivity index (χ2n) is 4.85. The zero-order valence-corrected chi connectivity index (χ0v) is 12.9. The van der Waals surface area contributed by atoms with Crippen LogP contribution in [0.3, 0.4) is 0 Å². The highest BCUT2D eigenvalue weighted by Crippen LogP contribution is 2.12. The van der Waals surface area contributed by atoms with Crippen molar-refractivity contribution in [2.75, 3.05) is 7.11 Å². The number of esters is 1. The number of methoxy groups -OCH3 is 1. The smallest absolute Gasteiger partial charge is 0.328 e. The standard InChI is InChI=1S/C17H14N4O3/c1-3-11-4-5-14(12(6-11)8-18)16(22)21-15(17(23)24-2)7-13-9-19-10-20-13/h1,4-6,9-10,15H,7H2,2H3,(H,19,20)(H,21,22)/t15-/m1/s1. The molecule has 0 aliphatic rings. The van der Waals surface area contributed by atoms with Crippen LogP contribution in [0.5, 0.6) is 0 Å². The van der Waals surface area contributed by atoms with Gasteiger partial charge in [0, 0.05) is 23.9 Å². The van der Waals surface area contributed by atoms with Crippen molar-refractivity contribution in [1.29, 1.82) is 5.26 Å². The topological polar surface area (TPSA) is 108 Å². The van der Waals surface area contributed by atoms with Gasteiger partial charge in [0.2, 0.25) is 0 Å². The third-order valence-electron chi connectivity index (χ3n) is 3.32. The maximum Gasteiger partial charge on any atom is 0.328 e. The van der Waals surface area contributed by atoms with Crippen molar-refractivity contribution in [1.82, 2.24) is 15.3 Å². The van der Waals surface area contributed by atoms with Crippen molar-refractivity contribution in [2.24, 2.45) is 0 Å². The number of terminal acetylenes is 1. The molecular formula is C17H14N4O3. The summed E-state index contributed by atoms with van der Waals surface area (Å²) >= 11 is 0. The van der Waals surface area contributed by atoms with E-state index in [1.165, 1.54) is 25.6 Å². The number of imidazole rings is 1. The molecule has 0 aliphatic carbocycles. The maximum atomic E-state index is 12.4. The van der Waals surface area contributed by atoms with E-state index in [1.54, 1.807) is 12.3 Å². The van der Waals surface area contributed by atoms with Crippen molar-refractivity contribution in [3.8, 4) is 18.4 Å². The molecule has 0 bridgehead atoms. The van der Waals surface area contributed by atoms with E-state index in [1.807, 2.05) is 6.07 Å². The fraction of sp³-hybridized carbons (Fsp3) is 0.176. The van der Waals surface area contributed by atoms with Crippen LogP contribution >= 0.6 is 0 Å². The molecule has 1 aromatic carbocycles. The predicted molar refractivity (Wildman–Crippen MR) is 84.7 cm³/mol. The van der Waals surface area contributed by atoms with Crippen LogP contribution < -0.4 is 5.32 Å². The van der Waals surface area contributed by atoms with Gasteiger partial charge in [0.25, 0.3) is 5.91 Å². The molecule has 0 spiro atoms. The van der Waals surface area contributed by atoms with Crippen LogP contribution in [0, 0.1) is 23.7 Å². The third-order valence-corrected chi connectivity index (χ3v) is 3.32. The average Bonchev–Trinajstić information content (AvgIpc) is 3.12. The number of amides is 1. The number of nitrogens with zero attached hydrogens (tertiary/aromatic N) is 2. The molecule has 0 fully saturated rings. The molecule has 120 valence electrons. The van der Waals surface area contributed by atoms with Crippen molar-refractivity contribution in [2.45, 2.75) is 12.5 Å². The summed E-state index contributed by atoms with van der Waals surface area (Å²) in [5, 5.41) is 11.8. The lowest BCUT2D eigenvalue weighted by Gasteiger charge is -2.16. The number of aromatic amines is 1. The maximum absolute atomic E-state index is 12.4. The molecule has 0 radical (unpaired) electrons. The number of carbonyl (C=O) groups is 2. The van der Waals surface area contributed by atoms with Gasteiger partial charge in [0.15, 0.2) is 0 Å². The number of carbonyl (C=O) groups excluding carboxylic acids is 2. The van der Waals surface area contributed by atoms with Gasteiger partial charge >= 0.3 is 5.97 Å². The Balaban J connectivity index is 2.23. The molecule has 0 aliphatic heterocycles. The number of nitriles is 1. The van der Waals surface area contributed by atoms with Crippen LogP contribution in [0.4, 0.5) is 0 Å². The Bertz CT molecular complexity index is 829. The highest BCUT2D eigenvalue weighted by atomic mass is 16.5. The summed E-state index contributed by atoms with van der Waals surface area (Å²) in [6.07, 6.45) is 8.48. The summed E-state index contributed by atoms with van der Waals surface area (Å²) in [5.74, 6) is 1.23. The molecule has 24 heavy (non-hydrogen) atoms. The first-order valence-corrected chi connectivity index (χ1v) is 6.95. The molecule has 1 aromatic heterocycles. The summed E-state index contributed by atoms with van der Waals surface area (Å²) < 4.78 is 4.71. The van der Waals surface area contributed by atoms with Crippen LogP contribution in [0.2, 0.25) is 0 Å². The fourth-order valence-electron chi connectivity index (χ4n) is 2.11. The minimum atomic E-state index is -0.915. The van der Waals surface area contributed by atoms with Gasteiger partial charge in [0.1, 0.15) is 6.04 Å². The number of benzene rings is 1. The fourth-order valence-corrected chi connectivity index (χ4v) is 2.11. The Hall–Kier alpha value is -3.58. The SMILES string of the molecule is C#Cc1ccc(C(=O)N[C@H](Cc2cnc[nH]2)C(=O)OC)c(C#N)c1. The van der Waals surface area contributed by atoms with E-state index in [-0.39, 0.29) is 17.5 Å². The van der Waals surface area contributed by atoms with Gasteiger partial charge in [-0.2, -0.15) is 5.26 Å². The zero-order chi connectivity index (χ0) is 17.5. The summed E-state index contributed by atoms with van der Waals surface area (Å²) in [4.78, 5) is 31.0. The summed E-state index contributed by atoms with van der Waals surface area (Å²) in [6.45, 7) is 0. The van der Waals surface area contributed by atoms with Crippen LogP contribution in [0.15, 0.2) is 30.7 Å². The normalized spacial score (nSPS) is 11.0. The number of hydrogen-bond acceptors (Lipinski definition) is 5. The van der Waals surface area contributed by atoms with Crippen molar-refractivity contribution < 1.29 is 14.3 Å². The van der Waals surface area contributed by atoms with Gasteiger partial charge in [-0.1, -0.05) is 5.92 Å². The summed E-state index contributed by atoms with van der Waals surface area (Å²) in [5.41, 5.74) is 1.42. The monoisotopic (exact) mass is 322 g/mol. The average molecular weight is 322 g/mol. The Morgan fingerprint density at radius 2 is 2.29 bits per heavy atom. The summed E-state index contributed by atoms with van der Waals surface area (Å²) in [6, 6.07) is 5.46. The van der Waals surface area contributed by atoms with Crippen LogP contribution in [0.1, 0.15) is 27.2 Å². The quantitative estimate of drug-likeness (QED) is 0.624. The lowest BCUT2D eigenvalue weighted by Crippen LogP contribution is -2.43. The molecule has 7 nitrogen and oxygen atoms in total. The number of ether oxygens (including phenoxy) is 1. The lowest BCUT2D eigenvalue weighted by atomic mass is 10.0. The Labute approximate surface area is 138 Å². The molecule has 2 N–H and O–H groups in total. The zero-order valence-electron chi connectivity index (χ0n) is 12.9. The van der Waals surface area contributed by atoms with Crippen molar-refractivity contribution in [3.63, 3.8) is 0 Å². The third kappa shape index (κ3) is 3.79. The van der Waals surface area contributed by atoms with E-state index in [4.69, 9.17) is 11.2 Å². The highest BCUT2D eigenvalue weighted by Gasteiger charge is 2.24. The van der Waals surface area contributed by atoms with E-state index in [2.05, 4.69) is 21.2 Å². The van der Waals surface area contributed by atoms with E-state index in [0.717, 1.165) is 0 Å². The first-order chi connectivity index (χ1) is 11.6. The molecule has 2 aromatic rings. The van der Waals surface area contributed by atoms with Gasteiger partial charge in [0.05, 0.1) is 30.6 Å². The van der Waals surface area contributed by atoms with Gasteiger partial charge in [-0.3, -0.25) is 4.79 Å². The largest absolute Gasteiger partial charge is 0.467 e. The van der Waals surface area contributed by atoms with Gasteiger partial charge in [-0.25, -0.2) is 9.78 Å². The van der Waals surface area contributed by atoms with Crippen molar-refractivity contribution in [3.05, 3.63) is 53.1 Å². The van der Waals surface area contributed by atoms with E-state index >= 15 is 0 Å². The number of nitrogens with one attached hydrogen (secondary N) is 2. The Morgan fingerprint density at radius 3 is 2.88 bits per heavy atom. The van der Waals surface area contributed by atoms with Crippen LogP contribution in [-0.4, -0.2) is 35.0 Å². The minimum absolute atomic E-state index is 0.133. The van der Waals surface area contributed by atoms with Crippen molar-refractivity contribution >= 4 is 11.9 Å². The highest BCUT2D eigenvalue weighted by molar-refractivity contribution is 5.99. The minimum Gasteiger partial charge on any atom is -0.467 e. The number of H-pyrrole nitrogens is 1. The predicted octanol–water partition coefficient (Wildman–Crippen LogP) is 0.777.